The van der Waals surface area contributed by atoms with E-state index >= 15 is 0 Å². The second kappa shape index (κ2) is 11.7. The molecule has 4 fully saturated rings. The smallest absolute Gasteiger partial charge is 0.244 e. The largest absolute Gasteiger partial charge is 0.396 e. The van der Waals surface area contributed by atoms with Crippen LogP contribution in [0.3, 0.4) is 0 Å². The number of aliphatic hydroxyl groups excluding tert-OH is 1. The predicted molar refractivity (Wildman–Crippen MR) is 148 cm³/mol. The third-order valence-corrected chi connectivity index (χ3v) is 11.9. The zero-order valence-corrected chi connectivity index (χ0v) is 23.6. The molecule has 6 atom stereocenters. The van der Waals surface area contributed by atoms with Crippen LogP contribution in [0.4, 0.5) is 0 Å². The molecular weight excluding hydrogens is 554 g/mol. The number of hydrogen-bond acceptors (Lipinski definition) is 5. The van der Waals surface area contributed by atoms with Crippen LogP contribution in [-0.2, 0) is 20.9 Å². The van der Waals surface area contributed by atoms with Gasteiger partial charge in [-0.25, -0.2) is 0 Å². The van der Waals surface area contributed by atoms with E-state index in [9.17, 15) is 19.5 Å². The molecule has 1 aromatic rings. The molecule has 5 rings (SSSR count). The van der Waals surface area contributed by atoms with E-state index in [-0.39, 0.29) is 40.4 Å². The fourth-order valence-corrected chi connectivity index (χ4v) is 10.6. The van der Waals surface area contributed by atoms with Crippen LogP contribution in [0.1, 0.15) is 63.4 Å². The number of hydrogen-bond donors (Lipinski definition) is 3. The van der Waals surface area contributed by atoms with Gasteiger partial charge in [0.2, 0.25) is 17.7 Å². The molecule has 2 bridgehead atoms. The molecule has 37 heavy (non-hydrogen) atoms. The number of fused-ring (bicyclic) bond motifs is 1. The van der Waals surface area contributed by atoms with Gasteiger partial charge < -0.3 is 20.6 Å². The molecule has 1 aromatic carbocycles. The SMILES string of the molecule is O=C(NC1CCCCC1)C1N(CCCCCO)C(=O)[C@@H]2[C@H](C(=O)NCc3ccccc3)[C@H]3SC12CC3Br. The number of nitrogens with zero attached hydrogens (tertiary/aromatic N) is 1. The molecule has 0 radical (unpaired) electrons. The number of rotatable bonds is 10. The number of halogens is 1. The Bertz CT molecular complexity index is 991. The van der Waals surface area contributed by atoms with E-state index in [0.29, 0.717) is 25.9 Å². The normalized spacial score (nSPS) is 33.0. The average molecular weight is 593 g/mol. The van der Waals surface area contributed by atoms with E-state index in [0.717, 1.165) is 44.1 Å². The highest BCUT2D eigenvalue weighted by Crippen LogP contribution is 2.67. The van der Waals surface area contributed by atoms with Crippen molar-refractivity contribution < 1.29 is 19.5 Å². The second-order valence-corrected chi connectivity index (χ2v) is 13.7. The van der Waals surface area contributed by atoms with Crippen molar-refractivity contribution in [3.05, 3.63) is 35.9 Å². The Hall–Kier alpha value is -1.58. The van der Waals surface area contributed by atoms with E-state index in [1.54, 1.807) is 16.7 Å². The maximum atomic E-state index is 14.0. The molecule has 202 valence electrons. The first kappa shape index (κ1) is 27.0. The summed E-state index contributed by atoms with van der Waals surface area (Å²) in [5, 5.41) is 15.6. The van der Waals surface area contributed by atoms with Crippen molar-refractivity contribution in [1.29, 1.82) is 0 Å². The summed E-state index contributed by atoms with van der Waals surface area (Å²) in [6.07, 6.45) is 8.35. The fraction of sp³-hybridized carbons (Fsp3) is 0.679. The molecule has 3 heterocycles. The lowest BCUT2D eigenvalue weighted by Gasteiger charge is -2.36. The summed E-state index contributed by atoms with van der Waals surface area (Å²) >= 11 is 5.52. The molecule has 1 aliphatic carbocycles. The third-order valence-electron chi connectivity index (χ3n) is 8.66. The second-order valence-electron chi connectivity index (χ2n) is 11.0. The lowest BCUT2D eigenvalue weighted by atomic mass is 9.70. The number of amides is 3. The highest BCUT2D eigenvalue weighted by Gasteiger charge is 2.75. The molecular formula is C28H38BrN3O4S. The molecule has 3 unspecified atom stereocenters. The molecule has 4 aliphatic rings. The van der Waals surface area contributed by atoms with Gasteiger partial charge in [0.25, 0.3) is 0 Å². The number of carbonyl (C=O) groups is 3. The maximum Gasteiger partial charge on any atom is 0.244 e. The Kier molecular flexibility index (Phi) is 8.51. The Labute approximate surface area is 232 Å². The molecule has 3 saturated heterocycles. The summed E-state index contributed by atoms with van der Waals surface area (Å²) in [4.78, 5) is 43.4. The number of benzene rings is 1. The van der Waals surface area contributed by atoms with Crippen molar-refractivity contribution in [2.75, 3.05) is 13.2 Å². The van der Waals surface area contributed by atoms with E-state index in [1.807, 2.05) is 30.3 Å². The van der Waals surface area contributed by atoms with Crippen LogP contribution in [-0.4, -0.2) is 67.8 Å². The maximum absolute atomic E-state index is 14.0. The summed E-state index contributed by atoms with van der Waals surface area (Å²) in [6.45, 7) is 1.03. The van der Waals surface area contributed by atoms with Crippen LogP contribution in [0.5, 0.6) is 0 Å². The minimum Gasteiger partial charge on any atom is -0.396 e. The van der Waals surface area contributed by atoms with Gasteiger partial charge in [-0.1, -0.05) is 65.5 Å². The predicted octanol–water partition coefficient (Wildman–Crippen LogP) is 3.38. The first-order valence-electron chi connectivity index (χ1n) is 13.8. The van der Waals surface area contributed by atoms with E-state index in [1.165, 1.54) is 6.42 Å². The minimum atomic E-state index is -0.597. The summed E-state index contributed by atoms with van der Waals surface area (Å²) < 4.78 is -0.597. The number of thioether (sulfide) groups is 1. The van der Waals surface area contributed by atoms with Gasteiger partial charge in [0.15, 0.2) is 0 Å². The van der Waals surface area contributed by atoms with Crippen LogP contribution in [0.2, 0.25) is 0 Å². The zero-order valence-electron chi connectivity index (χ0n) is 21.2. The topological polar surface area (TPSA) is 98.7 Å². The van der Waals surface area contributed by atoms with Gasteiger partial charge in [0.05, 0.1) is 16.6 Å². The number of nitrogens with one attached hydrogen (secondary N) is 2. The van der Waals surface area contributed by atoms with Crippen LogP contribution < -0.4 is 10.6 Å². The van der Waals surface area contributed by atoms with Gasteiger partial charge in [-0.05, 0) is 44.1 Å². The standard InChI is InChI=1S/C28H38BrN3O4S/c29-20-16-28-22(21(23(20)37-28)25(34)30-17-18-10-4-1-5-11-18)27(36)32(14-8-3-9-15-33)24(28)26(35)31-19-12-6-2-7-13-19/h1,4-5,10-11,19-24,33H,2-3,6-9,12-17H2,(H,30,34)(H,31,35)/t20?,21-,22-,23-,24?,28?/m0/s1. The van der Waals surface area contributed by atoms with Crippen LogP contribution >= 0.6 is 27.7 Å². The van der Waals surface area contributed by atoms with Gasteiger partial charge in [-0.2, -0.15) is 0 Å². The molecule has 3 aliphatic heterocycles. The number of aliphatic hydroxyl groups is 1. The summed E-state index contributed by atoms with van der Waals surface area (Å²) in [5.41, 5.74) is 1.02. The molecule has 9 heteroatoms. The molecule has 1 spiro atoms. The first-order valence-corrected chi connectivity index (χ1v) is 15.6. The first-order chi connectivity index (χ1) is 18.0. The van der Waals surface area contributed by atoms with Crippen LogP contribution in [0, 0.1) is 11.8 Å². The van der Waals surface area contributed by atoms with Gasteiger partial charge in [-0.3, -0.25) is 14.4 Å². The van der Waals surface area contributed by atoms with Crippen molar-refractivity contribution in [1.82, 2.24) is 15.5 Å². The van der Waals surface area contributed by atoms with Gasteiger partial charge in [0, 0.05) is 35.8 Å². The highest BCUT2D eigenvalue weighted by atomic mass is 79.9. The number of likely N-dealkylation sites (tertiary alicyclic amines) is 1. The summed E-state index contributed by atoms with van der Waals surface area (Å²) in [5.74, 6) is -1.16. The van der Waals surface area contributed by atoms with Crippen molar-refractivity contribution in [2.24, 2.45) is 11.8 Å². The zero-order chi connectivity index (χ0) is 26.0. The number of alkyl halides is 1. The molecule has 3 amide bonds. The van der Waals surface area contributed by atoms with Gasteiger partial charge in [-0.15, -0.1) is 11.8 Å². The van der Waals surface area contributed by atoms with Gasteiger partial charge in [0.1, 0.15) is 6.04 Å². The van der Waals surface area contributed by atoms with E-state index in [2.05, 4.69) is 26.6 Å². The van der Waals surface area contributed by atoms with Crippen molar-refractivity contribution >= 4 is 45.4 Å². The Morgan fingerprint density at radius 2 is 1.84 bits per heavy atom. The highest BCUT2D eigenvalue weighted by molar-refractivity contribution is 9.09. The molecule has 1 saturated carbocycles. The fourth-order valence-electron chi connectivity index (χ4n) is 6.97. The monoisotopic (exact) mass is 591 g/mol. The van der Waals surface area contributed by atoms with E-state index < -0.39 is 22.6 Å². The van der Waals surface area contributed by atoms with Gasteiger partial charge >= 0.3 is 0 Å². The third kappa shape index (κ3) is 5.20. The minimum absolute atomic E-state index is 0.0359. The van der Waals surface area contributed by atoms with Crippen LogP contribution in [0.25, 0.3) is 0 Å². The summed E-state index contributed by atoms with van der Waals surface area (Å²) in [6, 6.07) is 9.39. The number of carbonyl (C=O) groups excluding carboxylic acids is 3. The molecule has 0 aromatic heterocycles. The Morgan fingerprint density at radius 3 is 2.57 bits per heavy atom. The average Bonchev–Trinajstić information content (AvgIpc) is 3.49. The Balaban J connectivity index is 1.39. The lowest BCUT2D eigenvalue weighted by molar-refractivity contribution is -0.140. The van der Waals surface area contributed by atoms with Crippen molar-refractivity contribution in [2.45, 2.75) is 91.2 Å². The number of unbranched alkanes of at least 4 members (excludes halogenated alkanes) is 2. The molecule has 7 nitrogen and oxygen atoms in total. The quantitative estimate of drug-likeness (QED) is 0.286. The summed E-state index contributed by atoms with van der Waals surface area (Å²) in [7, 11) is 0. The Morgan fingerprint density at radius 1 is 1.08 bits per heavy atom. The van der Waals surface area contributed by atoms with Crippen LogP contribution in [0.15, 0.2) is 30.3 Å². The molecule has 3 N–H and O–H groups in total. The van der Waals surface area contributed by atoms with Crippen molar-refractivity contribution in [3.63, 3.8) is 0 Å². The van der Waals surface area contributed by atoms with E-state index in [4.69, 9.17) is 0 Å². The van der Waals surface area contributed by atoms with Crippen molar-refractivity contribution in [3.8, 4) is 0 Å². The lowest BCUT2D eigenvalue weighted by Crippen LogP contribution is -2.56.